The highest BCUT2D eigenvalue weighted by molar-refractivity contribution is 14.0. The molecule has 4 rings (SSSR count). The molecule has 2 fully saturated rings. The zero-order chi connectivity index (χ0) is 20.8. The number of pyridine rings is 1. The number of aromatic nitrogens is 1. The lowest BCUT2D eigenvalue weighted by Crippen LogP contribution is -2.48. The van der Waals surface area contributed by atoms with E-state index >= 15 is 0 Å². The number of ether oxygens (including phenoxy) is 2. The number of rotatable bonds is 4. The predicted octanol–water partition coefficient (Wildman–Crippen LogP) is 2.99. The topological polar surface area (TPSA) is 62.2 Å². The van der Waals surface area contributed by atoms with Gasteiger partial charge in [-0.3, -0.25) is 4.99 Å². The molecule has 1 N–H and O–H groups in total. The van der Waals surface area contributed by atoms with Gasteiger partial charge in [0, 0.05) is 45.0 Å². The summed E-state index contributed by atoms with van der Waals surface area (Å²) in [7, 11) is 1.84. The highest BCUT2D eigenvalue weighted by Gasteiger charge is 2.25. The fourth-order valence-electron chi connectivity index (χ4n) is 4.11. The van der Waals surface area contributed by atoms with Crippen LogP contribution in [0.4, 0.5) is 5.82 Å². The molecule has 1 atom stereocenters. The number of morpholine rings is 2. The average molecular weight is 537 g/mol. The molecular weight excluding hydrogens is 505 g/mol. The lowest BCUT2D eigenvalue weighted by Gasteiger charge is -2.36. The van der Waals surface area contributed by atoms with Gasteiger partial charge in [-0.2, -0.15) is 0 Å². The zero-order valence-electron chi connectivity index (χ0n) is 18.3. The molecule has 2 saturated heterocycles. The van der Waals surface area contributed by atoms with Crippen LogP contribution in [0.5, 0.6) is 0 Å². The molecule has 0 saturated carbocycles. The van der Waals surface area contributed by atoms with Crippen molar-refractivity contribution in [3.8, 4) is 0 Å². The smallest absolute Gasteiger partial charge is 0.194 e. The molecule has 8 heteroatoms. The number of halogens is 1. The number of nitrogens with one attached hydrogen (secondary N) is 1. The minimum absolute atomic E-state index is 0. The van der Waals surface area contributed by atoms with Crippen LogP contribution >= 0.6 is 24.0 Å². The van der Waals surface area contributed by atoms with Gasteiger partial charge in [0.1, 0.15) is 11.9 Å². The van der Waals surface area contributed by atoms with E-state index in [-0.39, 0.29) is 30.1 Å². The van der Waals surface area contributed by atoms with Crippen LogP contribution in [0, 0.1) is 6.92 Å². The van der Waals surface area contributed by atoms with E-state index in [9.17, 15) is 0 Å². The Morgan fingerprint density at radius 3 is 2.71 bits per heavy atom. The second-order valence-electron chi connectivity index (χ2n) is 7.65. The largest absolute Gasteiger partial charge is 0.378 e. The number of aliphatic imine (C=N–C) groups is 1. The Morgan fingerprint density at radius 1 is 1.13 bits per heavy atom. The van der Waals surface area contributed by atoms with E-state index in [1.807, 2.05) is 19.3 Å². The Labute approximate surface area is 201 Å². The molecule has 1 unspecified atom stereocenters. The molecule has 7 nitrogen and oxygen atoms in total. The molecule has 0 amide bonds. The summed E-state index contributed by atoms with van der Waals surface area (Å²) in [6.45, 7) is 8.36. The van der Waals surface area contributed by atoms with Gasteiger partial charge in [-0.25, -0.2) is 4.98 Å². The summed E-state index contributed by atoms with van der Waals surface area (Å²) in [5, 5.41) is 3.54. The van der Waals surface area contributed by atoms with Crippen molar-refractivity contribution >= 4 is 35.8 Å². The number of aryl methyl sites for hydroxylation is 1. The number of hydrogen-bond donors (Lipinski definition) is 1. The van der Waals surface area contributed by atoms with Gasteiger partial charge in [0.2, 0.25) is 0 Å². The Balaban J connectivity index is 0.00000272. The van der Waals surface area contributed by atoms with E-state index < -0.39 is 0 Å². The molecular formula is C23H32IN5O2. The van der Waals surface area contributed by atoms with Crippen molar-refractivity contribution in [3.63, 3.8) is 0 Å². The van der Waals surface area contributed by atoms with Crippen LogP contribution in [-0.2, 0) is 16.0 Å². The number of guanidine groups is 1. The number of benzene rings is 1. The van der Waals surface area contributed by atoms with E-state index in [4.69, 9.17) is 9.47 Å². The fraction of sp³-hybridized carbons (Fsp3) is 0.478. The van der Waals surface area contributed by atoms with Gasteiger partial charge in [-0.1, -0.05) is 30.3 Å². The second-order valence-corrected chi connectivity index (χ2v) is 7.65. The number of anilines is 1. The van der Waals surface area contributed by atoms with Crippen molar-refractivity contribution in [1.29, 1.82) is 0 Å². The molecule has 0 bridgehead atoms. The molecule has 2 aliphatic heterocycles. The summed E-state index contributed by atoms with van der Waals surface area (Å²) in [5.74, 6) is 1.93. The summed E-state index contributed by atoms with van der Waals surface area (Å²) >= 11 is 0. The van der Waals surface area contributed by atoms with Crippen LogP contribution in [0.2, 0.25) is 0 Å². The first-order valence-electron chi connectivity index (χ1n) is 10.7. The maximum Gasteiger partial charge on any atom is 0.194 e. The summed E-state index contributed by atoms with van der Waals surface area (Å²) in [4.78, 5) is 13.8. The van der Waals surface area contributed by atoms with Gasteiger partial charge < -0.3 is 24.6 Å². The Hall–Kier alpha value is -1.91. The molecule has 1 aromatic heterocycles. The summed E-state index contributed by atoms with van der Waals surface area (Å²) < 4.78 is 11.6. The Bertz CT molecular complexity index is 873. The van der Waals surface area contributed by atoms with Gasteiger partial charge in [0.15, 0.2) is 5.96 Å². The van der Waals surface area contributed by atoms with E-state index in [0.717, 1.165) is 51.2 Å². The van der Waals surface area contributed by atoms with Crippen LogP contribution in [-0.4, -0.2) is 68.9 Å². The lowest BCUT2D eigenvalue weighted by molar-refractivity contribution is -0.00833. The monoisotopic (exact) mass is 537 g/mol. The summed E-state index contributed by atoms with van der Waals surface area (Å²) in [6.07, 6.45) is 1.92. The summed E-state index contributed by atoms with van der Waals surface area (Å²) in [5.41, 5.74) is 3.68. The third kappa shape index (κ3) is 5.87. The molecule has 2 aliphatic rings. The van der Waals surface area contributed by atoms with Crippen molar-refractivity contribution in [2.24, 2.45) is 4.99 Å². The van der Waals surface area contributed by atoms with E-state index in [0.29, 0.717) is 13.2 Å². The zero-order valence-corrected chi connectivity index (χ0v) is 20.6. The third-order valence-corrected chi connectivity index (χ3v) is 5.73. The van der Waals surface area contributed by atoms with Crippen LogP contribution in [0.1, 0.15) is 22.8 Å². The van der Waals surface area contributed by atoms with Crippen molar-refractivity contribution in [2.45, 2.75) is 19.6 Å². The Kier molecular flexibility index (Phi) is 8.91. The molecule has 168 valence electrons. The third-order valence-electron chi connectivity index (χ3n) is 5.73. The molecule has 3 heterocycles. The van der Waals surface area contributed by atoms with Gasteiger partial charge in [-0.05, 0) is 24.1 Å². The minimum atomic E-state index is 0. The molecule has 1 aromatic carbocycles. The van der Waals surface area contributed by atoms with Gasteiger partial charge in [0.05, 0.1) is 26.4 Å². The fourth-order valence-corrected chi connectivity index (χ4v) is 4.11. The van der Waals surface area contributed by atoms with Crippen LogP contribution in [0.15, 0.2) is 47.6 Å². The maximum absolute atomic E-state index is 6.08. The van der Waals surface area contributed by atoms with Gasteiger partial charge in [0.25, 0.3) is 0 Å². The van der Waals surface area contributed by atoms with E-state index in [1.54, 1.807) is 0 Å². The SMILES string of the molecule is CN=C(NCc1cccnc1N1CCOCC1)N1CCOC(c2ccccc2C)C1.I. The van der Waals surface area contributed by atoms with Crippen LogP contribution < -0.4 is 10.2 Å². The second kappa shape index (κ2) is 11.6. The molecule has 0 spiro atoms. The first-order valence-corrected chi connectivity index (χ1v) is 10.7. The quantitative estimate of drug-likeness (QED) is 0.368. The normalized spacial score (nSPS) is 19.7. The molecule has 31 heavy (non-hydrogen) atoms. The molecule has 0 aliphatic carbocycles. The highest BCUT2D eigenvalue weighted by atomic mass is 127. The van der Waals surface area contributed by atoms with Gasteiger partial charge >= 0.3 is 0 Å². The summed E-state index contributed by atoms with van der Waals surface area (Å²) in [6, 6.07) is 12.6. The first kappa shape index (κ1) is 23.7. The first-order chi connectivity index (χ1) is 14.8. The van der Waals surface area contributed by atoms with Crippen molar-refractivity contribution in [1.82, 2.24) is 15.2 Å². The van der Waals surface area contributed by atoms with Crippen LogP contribution in [0.3, 0.4) is 0 Å². The van der Waals surface area contributed by atoms with Crippen molar-refractivity contribution in [3.05, 3.63) is 59.3 Å². The van der Waals surface area contributed by atoms with Crippen molar-refractivity contribution < 1.29 is 9.47 Å². The highest BCUT2D eigenvalue weighted by Crippen LogP contribution is 2.25. The van der Waals surface area contributed by atoms with E-state index in [2.05, 4.69) is 62.3 Å². The number of nitrogens with zero attached hydrogens (tertiary/aromatic N) is 4. The van der Waals surface area contributed by atoms with Gasteiger partial charge in [-0.15, -0.1) is 24.0 Å². The standard InChI is InChI=1S/C23H31N5O2.HI/c1-18-6-3-4-8-20(18)21-17-28(12-15-30-21)23(24-2)26-16-19-7-5-9-25-22(19)27-10-13-29-14-11-27;/h3-9,21H,10-17H2,1-2H3,(H,24,26);1H. The van der Waals surface area contributed by atoms with Crippen molar-refractivity contribution in [2.75, 3.05) is 57.9 Å². The molecule has 0 radical (unpaired) electrons. The lowest BCUT2D eigenvalue weighted by atomic mass is 10.0. The number of hydrogen-bond acceptors (Lipinski definition) is 5. The predicted molar refractivity (Wildman–Crippen MR) is 134 cm³/mol. The molecule has 2 aromatic rings. The maximum atomic E-state index is 6.08. The Morgan fingerprint density at radius 2 is 1.94 bits per heavy atom. The minimum Gasteiger partial charge on any atom is -0.378 e. The van der Waals surface area contributed by atoms with Crippen LogP contribution in [0.25, 0.3) is 0 Å². The average Bonchev–Trinajstić information content (AvgIpc) is 2.81. The van der Waals surface area contributed by atoms with E-state index in [1.165, 1.54) is 16.7 Å².